The van der Waals surface area contributed by atoms with Crippen LogP contribution >= 0.6 is 19.1 Å². The number of thiazole rings is 1. The number of hydrogen-bond donors (Lipinski definition) is 3. The third-order valence-corrected chi connectivity index (χ3v) is 7.89. The zero-order chi connectivity index (χ0) is 27.5. The van der Waals surface area contributed by atoms with E-state index in [1.807, 2.05) is 91.0 Å². The lowest BCUT2D eigenvalue weighted by Crippen LogP contribution is -2.41. The van der Waals surface area contributed by atoms with Gasteiger partial charge < -0.3 is 10.4 Å². The fourth-order valence-electron chi connectivity index (χ4n) is 3.61. The molecule has 1 aromatic heterocycles. The number of nitrogens with zero attached hydrogens (tertiary/aromatic N) is 1. The highest BCUT2D eigenvalue weighted by atomic mass is 32.1. The summed E-state index contributed by atoms with van der Waals surface area (Å²) in [6, 6.07) is 26.7. The van der Waals surface area contributed by atoms with Crippen molar-refractivity contribution in [2.45, 2.75) is 32.1 Å². The largest absolute Gasteiger partial charge is 0.481 e. The van der Waals surface area contributed by atoms with Crippen LogP contribution < -0.4 is 10.4 Å². The number of benzene rings is 3. The number of nitrogens with one attached hydrogen (secondary N) is 2. The second kappa shape index (κ2) is 13.9. The van der Waals surface area contributed by atoms with Gasteiger partial charge in [-0.25, -0.2) is 14.6 Å². The second-order valence-corrected chi connectivity index (χ2v) is 11.2. The van der Waals surface area contributed by atoms with Gasteiger partial charge >= 0.3 is 13.7 Å². The number of aliphatic carboxylic acids is 1. The third kappa shape index (κ3) is 9.24. The van der Waals surface area contributed by atoms with Crippen LogP contribution in [0.15, 0.2) is 96.4 Å². The second-order valence-electron chi connectivity index (χ2n) is 8.59. The van der Waals surface area contributed by atoms with Crippen LogP contribution in [0.3, 0.4) is 0 Å². The fourth-order valence-corrected chi connectivity index (χ4v) is 5.78. The van der Waals surface area contributed by atoms with Crippen LogP contribution in [-0.2, 0) is 49.3 Å². The van der Waals surface area contributed by atoms with Gasteiger partial charge in [0, 0.05) is 5.38 Å². The summed E-state index contributed by atoms with van der Waals surface area (Å²) in [4.78, 5) is 28.6. The number of carboxylic acid groups (broad SMARTS) is 1. The minimum atomic E-state index is -4.02. The Balaban J connectivity index is 1.55. The van der Waals surface area contributed by atoms with Gasteiger partial charge in [-0.15, -0.1) is 11.3 Å². The molecule has 3 aromatic carbocycles. The Bertz CT molecular complexity index is 1360. The van der Waals surface area contributed by atoms with Crippen LogP contribution in [0.2, 0.25) is 0 Å². The summed E-state index contributed by atoms with van der Waals surface area (Å²) in [5.74, 6) is -1.53. The number of aromatic nitrogens is 1. The lowest BCUT2D eigenvalue weighted by Gasteiger charge is -2.25. The van der Waals surface area contributed by atoms with Gasteiger partial charge in [-0.3, -0.25) is 18.6 Å². The molecule has 39 heavy (non-hydrogen) atoms. The molecule has 0 aliphatic rings. The van der Waals surface area contributed by atoms with E-state index in [9.17, 15) is 14.2 Å². The van der Waals surface area contributed by atoms with Crippen molar-refractivity contribution in [2.24, 2.45) is 0 Å². The highest BCUT2D eigenvalue weighted by Crippen LogP contribution is 2.46. The average molecular weight is 566 g/mol. The number of carbonyl (C=O) groups excluding carboxylic acids is 1. The van der Waals surface area contributed by atoms with E-state index in [0.29, 0.717) is 5.69 Å². The molecule has 0 aliphatic heterocycles. The molecule has 0 spiro atoms. The third-order valence-electron chi connectivity index (χ3n) is 5.52. The van der Waals surface area contributed by atoms with Crippen LogP contribution in [-0.4, -0.2) is 28.0 Å². The molecular weight excluding hydrogens is 537 g/mol. The summed E-state index contributed by atoms with van der Waals surface area (Å²) in [6.07, 6.45) is -0.0681. The van der Waals surface area contributed by atoms with Crippen molar-refractivity contribution in [3.05, 3.63) is 119 Å². The predicted molar refractivity (Wildman–Crippen MR) is 149 cm³/mol. The molecule has 0 saturated heterocycles. The smallest absolute Gasteiger partial charge is 0.406 e. The van der Waals surface area contributed by atoms with E-state index in [4.69, 9.17) is 14.2 Å². The molecule has 0 saturated carbocycles. The van der Waals surface area contributed by atoms with Crippen molar-refractivity contribution >= 4 is 36.1 Å². The molecular formula is C28H28N3O6PS. The van der Waals surface area contributed by atoms with Crippen LogP contribution in [0.1, 0.15) is 22.4 Å². The normalized spacial score (nSPS) is 12.1. The maximum atomic E-state index is 14.0. The van der Waals surface area contributed by atoms with E-state index < -0.39 is 25.7 Å². The lowest BCUT2D eigenvalue weighted by molar-refractivity contribution is -0.136. The summed E-state index contributed by atoms with van der Waals surface area (Å²) >= 11 is 1.11. The van der Waals surface area contributed by atoms with Crippen LogP contribution in [0.4, 0.5) is 5.13 Å². The summed E-state index contributed by atoms with van der Waals surface area (Å²) in [5.41, 5.74) is 2.74. The van der Waals surface area contributed by atoms with Gasteiger partial charge in [-0.1, -0.05) is 91.0 Å². The van der Waals surface area contributed by atoms with Gasteiger partial charge in [-0.2, -0.15) is 0 Å². The van der Waals surface area contributed by atoms with Gasteiger partial charge in [0.2, 0.25) is 5.91 Å². The predicted octanol–water partition coefficient (Wildman–Crippen LogP) is 5.45. The van der Waals surface area contributed by atoms with Crippen molar-refractivity contribution in [3.8, 4) is 0 Å². The Morgan fingerprint density at radius 3 is 1.87 bits per heavy atom. The molecule has 0 aliphatic carbocycles. The Labute approximate surface area is 230 Å². The molecule has 1 unspecified atom stereocenters. The summed E-state index contributed by atoms with van der Waals surface area (Å²) < 4.78 is 25.7. The molecule has 1 heterocycles. The molecule has 11 heteroatoms. The van der Waals surface area contributed by atoms with Gasteiger partial charge in [0.25, 0.3) is 0 Å². The molecule has 0 bridgehead atoms. The molecule has 0 fully saturated rings. The highest BCUT2D eigenvalue weighted by molar-refractivity contribution is 7.51. The zero-order valence-corrected chi connectivity index (χ0v) is 22.6. The quantitative estimate of drug-likeness (QED) is 0.172. The van der Waals surface area contributed by atoms with Crippen LogP contribution in [0.25, 0.3) is 0 Å². The van der Waals surface area contributed by atoms with Crippen molar-refractivity contribution in [1.29, 1.82) is 0 Å². The van der Waals surface area contributed by atoms with E-state index in [1.165, 1.54) is 0 Å². The highest BCUT2D eigenvalue weighted by Gasteiger charge is 2.33. The van der Waals surface area contributed by atoms with E-state index in [2.05, 4.69) is 15.4 Å². The van der Waals surface area contributed by atoms with Gasteiger partial charge in [-0.05, 0) is 23.1 Å². The van der Waals surface area contributed by atoms with E-state index >= 15 is 0 Å². The number of carboxylic acids is 1. The zero-order valence-electron chi connectivity index (χ0n) is 20.9. The Morgan fingerprint density at radius 1 is 0.846 bits per heavy atom. The van der Waals surface area contributed by atoms with E-state index in [0.717, 1.165) is 28.0 Å². The standard InChI is InChI=1S/C28H28N3O6PS/c32-26(33)17-24-20-39-28(29-24)30-27(34)25(16-21-10-4-1-5-11-21)31-38(35,36-18-22-12-6-2-7-13-22)37-19-23-14-8-3-9-15-23/h1-15,20,25H,16-19H2,(H,31,35)(H,32,33)(H,29,30,34). The van der Waals surface area contributed by atoms with E-state index in [1.54, 1.807) is 5.38 Å². The van der Waals surface area contributed by atoms with Crippen molar-refractivity contribution in [1.82, 2.24) is 10.1 Å². The number of hydrogen-bond acceptors (Lipinski definition) is 7. The van der Waals surface area contributed by atoms with Crippen molar-refractivity contribution in [3.63, 3.8) is 0 Å². The number of carbonyl (C=O) groups is 2. The molecule has 9 nitrogen and oxygen atoms in total. The Morgan fingerprint density at radius 2 is 1.36 bits per heavy atom. The first-order valence-corrected chi connectivity index (χ1v) is 14.6. The molecule has 1 amide bonds. The maximum absolute atomic E-state index is 14.0. The topological polar surface area (TPSA) is 127 Å². The minimum Gasteiger partial charge on any atom is -0.481 e. The minimum absolute atomic E-state index is 0.00458. The SMILES string of the molecule is O=C(O)Cc1csc(NC(=O)C(Cc2ccccc2)NP(=O)(OCc2ccccc2)OCc2ccccc2)n1. The number of rotatable bonds is 14. The van der Waals surface area contributed by atoms with Crippen LogP contribution in [0, 0.1) is 0 Å². The molecule has 4 aromatic rings. The fraction of sp³-hybridized carbons (Fsp3) is 0.179. The van der Waals surface area contributed by atoms with Gasteiger partial charge in [0.15, 0.2) is 5.13 Å². The Hall–Kier alpha value is -3.66. The average Bonchev–Trinajstić information content (AvgIpc) is 3.38. The van der Waals surface area contributed by atoms with Crippen molar-refractivity contribution in [2.75, 3.05) is 5.32 Å². The Kier molecular flexibility index (Phi) is 10.1. The van der Waals surface area contributed by atoms with Gasteiger partial charge in [0.1, 0.15) is 6.04 Å². The summed E-state index contributed by atoms with van der Waals surface area (Å²) in [5, 5.41) is 16.4. The van der Waals surface area contributed by atoms with Crippen molar-refractivity contribution < 1.29 is 28.3 Å². The number of amides is 1. The first-order valence-electron chi connectivity index (χ1n) is 12.1. The van der Waals surface area contributed by atoms with Gasteiger partial charge in [0.05, 0.1) is 25.3 Å². The lowest BCUT2D eigenvalue weighted by atomic mass is 10.1. The number of anilines is 1. The first-order chi connectivity index (χ1) is 18.9. The molecule has 1 atom stereocenters. The molecule has 202 valence electrons. The molecule has 3 N–H and O–H groups in total. The van der Waals surface area contributed by atoms with Crippen LogP contribution in [0.5, 0.6) is 0 Å². The molecule has 4 rings (SSSR count). The monoisotopic (exact) mass is 565 g/mol. The maximum Gasteiger partial charge on any atom is 0.406 e. The van der Waals surface area contributed by atoms with E-state index in [-0.39, 0.29) is 31.2 Å². The first kappa shape index (κ1) is 28.4. The molecule has 0 radical (unpaired) electrons. The summed E-state index contributed by atoms with van der Waals surface area (Å²) in [6.45, 7) is 0.00915. The summed E-state index contributed by atoms with van der Waals surface area (Å²) in [7, 11) is -4.02.